The summed E-state index contributed by atoms with van der Waals surface area (Å²) in [5.41, 5.74) is 3.81. The second-order valence-corrected chi connectivity index (χ2v) is 7.25. The van der Waals surface area contributed by atoms with Crippen LogP contribution in [0.15, 0.2) is 18.3 Å². The molecule has 2 atom stereocenters. The summed E-state index contributed by atoms with van der Waals surface area (Å²) in [7, 11) is 0. The van der Waals surface area contributed by atoms with E-state index in [9.17, 15) is 0 Å². The molecule has 2 aliphatic heterocycles. The molecule has 1 N–H and O–H groups in total. The molecule has 0 amide bonds. The summed E-state index contributed by atoms with van der Waals surface area (Å²) in [6.45, 7) is 9.00. The molecule has 0 radical (unpaired) electrons. The molecule has 4 heterocycles. The maximum absolute atomic E-state index is 5.89. The van der Waals surface area contributed by atoms with Gasteiger partial charge in [-0.15, -0.1) is 0 Å². The Bertz CT molecular complexity index is 683. The van der Waals surface area contributed by atoms with E-state index < -0.39 is 0 Å². The summed E-state index contributed by atoms with van der Waals surface area (Å²) in [4.78, 5) is 10.7. The molecule has 4 rings (SSSR count). The molecule has 0 spiro atoms. The molecule has 2 fully saturated rings. The van der Waals surface area contributed by atoms with Crippen LogP contribution in [0.4, 0.5) is 0 Å². The predicted octanol–water partition coefficient (Wildman–Crippen LogP) is 3.07. The number of hydrogen-bond acceptors (Lipinski definition) is 4. The average Bonchev–Trinajstić information content (AvgIpc) is 2.94. The van der Waals surface area contributed by atoms with Crippen molar-refractivity contribution >= 4 is 11.0 Å². The van der Waals surface area contributed by atoms with E-state index in [0.29, 0.717) is 18.1 Å². The van der Waals surface area contributed by atoms with Crippen LogP contribution in [0.25, 0.3) is 11.0 Å². The average molecular weight is 329 g/mol. The molecule has 0 saturated carbocycles. The smallest absolute Gasteiger partial charge is 0.137 e. The Morgan fingerprint density at radius 3 is 2.71 bits per heavy atom. The van der Waals surface area contributed by atoms with Gasteiger partial charge in [0.15, 0.2) is 0 Å². The zero-order valence-corrected chi connectivity index (χ0v) is 14.6. The Morgan fingerprint density at radius 2 is 1.96 bits per heavy atom. The summed E-state index contributed by atoms with van der Waals surface area (Å²) < 4.78 is 11.4. The van der Waals surface area contributed by atoms with Crippen molar-refractivity contribution < 1.29 is 9.47 Å². The van der Waals surface area contributed by atoms with E-state index in [4.69, 9.17) is 9.47 Å². The van der Waals surface area contributed by atoms with E-state index in [-0.39, 0.29) is 0 Å². The molecule has 24 heavy (non-hydrogen) atoms. The fourth-order valence-electron chi connectivity index (χ4n) is 4.24. The molecule has 5 nitrogen and oxygen atoms in total. The van der Waals surface area contributed by atoms with Gasteiger partial charge in [0.05, 0.1) is 12.2 Å². The van der Waals surface area contributed by atoms with Gasteiger partial charge in [-0.25, -0.2) is 4.98 Å². The number of ether oxygens (including phenoxy) is 2. The van der Waals surface area contributed by atoms with Crippen molar-refractivity contribution in [1.29, 1.82) is 0 Å². The predicted molar refractivity (Wildman–Crippen MR) is 94.2 cm³/mol. The minimum Gasteiger partial charge on any atom is -0.381 e. The number of H-pyrrole nitrogens is 1. The fraction of sp³-hybridized carbons (Fsp3) is 0.632. The minimum absolute atomic E-state index is 0.295. The van der Waals surface area contributed by atoms with Crippen molar-refractivity contribution in [3.63, 3.8) is 0 Å². The Hall–Kier alpha value is -1.43. The molecule has 0 aliphatic carbocycles. The summed E-state index contributed by atoms with van der Waals surface area (Å²) in [5.74, 6) is 0.554. The van der Waals surface area contributed by atoms with Crippen LogP contribution in [0.1, 0.15) is 43.9 Å². The second kappa shape index (κ2) is 6.82. The highest BCUT2D eigenvalue weighted by Crippen LogP contribution is 2.34. The number of aromatic amines is 1. The minimum atomic E-state index is 0.295. The van der Waals surface area contributed by atoms with Crippen LogP contribution in [-0.2, 0) is 16.0 Å². The number of hydrogen-bond donors (Lipinski definition) is 1. The highest BCUT2D eigenvalue weighted by molar-refractivity contribution is 5.81. The number of nitrogens with zero attached hydrogens (tertiary/aromatic N) is 2. The second-order valence-electron chi connectivity index (χ2n) is 7.25. The van der Waals surface area contributed by atoms with Gasteiger partial charge >= 0.3 is 0 Å². The standard InChI is InChI=1S/C19H27N3O2/c1-13-10-22(11-14(2)24-13)12-17-16-4-3-7-20-19(16)21-18(17)15-5-8-23-9-6-15/h3-4,7,13-15H,5-6,8-12H2,1-2H3,(H,20,21). The van der Waals surface area contributed by atoms with Crippen molar-refractivity contribution in [2.75, 3.05) is 26.3 Å². The summed E-state index contributed by atoms with van der Waals surface area (Å²) in [5, 5.41) is 1.27. The van der Waals surface area contributed by atoms with Crippen molar-refractivity contribution in [2.45, 2.75) is 51.4 Å². The quantitative estimate of drug-likeness (QED) is 0.940. The largest absolute Gasteiger partial charge is 0.381 e. The van der Waals surface area contributed by atoms with Gasteiger partial charge in [-0.3, -0.25) is 4.90 Å². The first-order valence-corrected chi connectivity index (χ1v) is 9.11. The lowest BCUT2D eigenvalue weighted by Crippen LogP contribution is -2.44. The molecular weight excluding hydrogens is 302 g/mol. The SMILES string of the molecule is CC1CN(Cc2c(C3CCOCC3)[nH]c3ncccc23)CC(C)O1. The van der Waals surface area contributed by atoms with Crippen LogP contribution >= 0.6 is 0 Å². The van der Waals surface area contributed by atoms with Crippen LogP contribution < -0.4 is 0 Å². The van der Waals surface area contributed by atoms with E-state index in [1.165, 1.54) is 16.6 Å². The molecule has 2 aromatic heterocycles. The number of fused-ring (bicyclic) bond motifs is 1. The summed E-state index contributed by atoms with van der Waals surface area (Å²) >= 11 is 0. The van der Waals surface area contributed by atoms with E-state index in [0.717, 1.165) is 51.3 Å². The third-order valence-corrected chi connectivity index (χ3v) is 5.22. The van der Waals surface area contributed by atoms with Gasteiger partial charge in [0.2, 0.25) is 0 Å². The van der Waals surface area contributed by atoms with E-state index in [1.807, 2.05) is 12.3 Å². The molecule has 130 valence electrons. The summed E-state index contributed by atoms with van der Waals surface area (Å²) in [6, 6.07) is 4.24. The Balaban J connectivity index is 1.67. The first-order valence-electron chi connectivity index (χ1n) is 9.11. The van der Waals surface area contributed by atoms with Crippen LogP contribution in [0, 0.1) is 0 Å². The highest BCUT2D eigenvalue weighted by Gasteiger charge is 2.27. The van der Waals surface area contributed by atoms with Crippen LogP contribution in [0.5, 0.6) is 0 Å². The van der Waals surface area contributed by atoms with Crippen molar-refractivity contribution in [1.82, 2.24) is 14.9 Å². The van der Waals surface area contributed by atoms with Crippen LogP contribution in [0.2, 0.25) is 0 Å². The monoisotopic (exact) mass is 329 g/mol. The lowest BCUT2D eigenvalue weighted by molar-refractivity contribution is -0.0704. The molecule has 5 heteroatoms. The number of morpholine rings is 1. The summed E-state index contributed by atoms with van der Waals surface area (Å²) in [6.07, 6.45) is 4.65. The third kappa shape index (κ3) is 3.21. The van der Waals surface area contributed by atoms with Crippen molar-refractivity contribution in [3.05, 3.63) is 29.6 Å². The van der Waals surface area contributed by atoms with Gasteiger partial charge in [0.1, 0.15) is 5.65 Å². The normalized spacial score (nSPS) is 26.9. The number of nitrogens with one attached hydrogen (secondary N) is 1. The van der Waals surface area contributed by atoms with Gasteiger partial charge in [-0.05, 0) is 44.4 Å². The maximum atomic E-state index is 5.89. The number of rotatable bonds is 3. The zero-order chi connectivity index (χ0) is 16.5. The first kappa shape index (κ1) is 16.1. The van der Waals surface area contributed by atoms with E-state index >= 15 is 0 Å². The molecule has 0 aromatic carbocycles. The zero-order valence-electron chi connectivity index (χ0n) is 14.6. The maximum Gasteiger partial charge on any atom is 0.137 e. The number of aromatic nitrogens is 2. The Morgan fingerprint density at radius 1 is 1.21 bits per heavy atom. The fourth-order valence-corrected chi connectivity index (χ4v) is 4.24. The lowest BCUT2D eigenvalue weighted by Gasteiger charge is -2.35. The molecule has 2 unspecified atom stereocenters. The molecule has 2 aliphatic rings. The molecular formula is C19H27N3O2. The van der Waals surface area contributed by atoms with E-state index in [1.54, 1.807) is 0 Å². The molecule has 2 saturated heterocycles. The first-order chi connectivity index (χ1) is 11.7. The van der Waals surface area contributed by atoms with Crippen LogP contribution in [0.3, 0.4) is 0 Å². The highest BCUT2D eigenvalue weighted by atomic mass is 16.5. The van der Waals surface area contributed by atoms with Gasteiger partial charge in [-0.1, -0.05) is 0 Å². The van der Waals surface area contributed by atoms with E-state index in [2.05, 4.69) is 34.8 Å². The van der Waals surface area contributed by atoms with Gasteiger partial charge in [0.25, 0.3) is 0 Å². The lowest BCUT2D eigenvalue weighted by atomic mass is 9.93. The topological polar surface area (TPSA) is 50.4 Å². The van der Waals surface area contributed by atoms with Gasteiger partial charge in [-0.2, -0.15) is 0 Å². The van der Waals surface area contributed by atoms with Crippen molar-refractivity contribution in [2.24, 2.45) is 0 Å². The Labute approximate surface area is 143 Å². The van der Waals surface area contributed by atoms with Crippen LogP contribution in [-0.4, -0.2) is 53.4 Å². The molecule has 0 bridgehead atoms. The third-order valence-electron chi connectivity index (χ3n) is 5.22. The molecule has 2 aromatic rings. The number of pyridine rings is 1. The van der Waals surface area contributed by atoms with Crippen molar-refractivity contribution in [3.8, 4) is 0 Å². The Kier molecular flexibility index (Phi) is 4.57. The van der Waals surface area contributed by atoms with Gasteiger partial charge in [0, 0.05) is 56.0 Å². The van der Waals surface area contributed by atoms with Gasteiger partial charge < -0.3 is 14.5 Å².